The van der Waals surface area contributed by atoms with Gasteiger partial charge >= 0.3 is 0 Å². The normalized spacial score (nSPS) is 13.4. The van der Waals surface area contributed by atoms with Gasteiger partial charge in [-0.05, 0) is 25.0 Å². The molecule has 1 unspecified atom stereocenters. The zero-order valence-electron chi connectivity index (χ0n) is 15.2. The Bertz CT molecular complexity index is 968. The number of aromatic amines is 1. The minimum absolute atomic E-state index is 0.0338. The van der Waals surface area contributed by atoms with Gasteiger partial charge in [0.25, 0.3) is 0 Å². The van der Waals surface area contributed by atoms with E-state index in [1.807, 2.05) is 31.2 Å². The molecule has 0 fully saturated rings. The van der Waals surface area contributed by atoms with E-state index in [0.717, 1.165) is 27.0 Å². The molecule has 0 bridgehead atoms. The fraction of sp³-hybridized carbons (Fsp3) is 0.333. The molecule has 0 aliphatic carbocycles. The van der Waals surface area contributed by atoms with Crippen LogP contribution in [0.3, 0.4) is 0 Å². The Morgan fingerprint density at radius 1 is 1.33 bits per heavy atom. The van der Waals surface area contributed by atoms with Crippen molar-refractivity contribution in [1.29, 1.82) is 5.26 Å². The number of fused-ring (bicyclic) bond motifs is 1. The lowest BCUT2D eigenvalue weighted by Gasteiger charge is -2.09. The molecule has 3 aromatic rings. The number of nitriles is 1. The van der Waals surface area contributed by atoms with Gasteiger partial charge in [-0.1, -0.05) is 49.1 Å². The maximum Gasteiger partial charge on any atom is 0.206 e. The Kier molecular flexibility index (Phi) is 5.98. The third-order valence-corrected chi connectivity index (χ3v) is 5.80. The van der Waals surface area contributed by atoms with Crippen LogP contribution in [0.4, 0.5) is 5.13 Å². The predicted octanol–water partition coefficient (Wildman–Crippen LogP) is 4.46. The predicted molar refractivity (Wildman–Crippen MR) is 110 cm³/mol. The van der Waals surface area contributed by atoms with Crippen molar-refractivity contribution in [3.05, 3.63) is 35.8 Å². The van der Waals surface area contributed by atoms with Gasteiger partial charge in [0.15, 0.2) is 10.2 Å². The van der Waals surface area contributed by atoms with E-state index in [1.54, 1.807) is 0 Å². The van der Waals surface area contributed by atoms with Crippen LogP contribution in [0, 0.1) is 17.2 Å². The zero-order valence-corrected chi connectivity index (χ0v) is 16.9. The molecule has 27 heavy (non-hydrogen) atoms. The SMILES string of the molecule is CC(C)CNc1nnc(SC(C)/C(O)=C(\C#N)c2nc3ccccc3[nH]2)s1. The van der Waals surface area contributed by atoms with E-state index in [9.17, 15) is 10.4 Å². The number of hydrogen-bond donors (Lipinski definition) is 3. The van der Waals surface area contributed by atoms with Gasteiger partial charge in [0.2, 0.25) is 5.13 Å². The number of aliphatic hydroxyl groups is 1. The molecule has 1 atom stereocenters. The first-order valence-corrected chi connectivity index (χ1v) is 10.2. The highest BCUT2D eigenvalue weighted by atomic mass is 32.2. The summed E-state index contributed by atoms with van der Waals surface area (Å²) in [5.41, 5.74) is 1.70. The minimum atomic E-state index is -0.362. The average molecular weight is 401 g/mol. The van der Waals surface area contributed by atoms with E-state index in [-0.39, 0.29) is 16.6 Å². The lowest BCUT2D eigenvalue weighted by molar-refractivity contribution is 0.402. The van der Waals surface area contributed by atoms with Crippen LogP contribution in [0.5, 0.6) is 0 Å². The number of aromatic nitrogens is 4. The van der Waals surface area contributed by atoms with E-state index >= 15 is 0 Å². The van der Waals surface area contributed by atoms with Crippen LogP contribution >= 0.6 is 23.1 Å². The Balaban J connectivity index is 1.77. The molecule has 0 radical (unpaired) electrons. The molecule has 9 heteroatoms. The minimum Gasteiger partial charge on any atom is -0.510 e. The summed E-state index contributed by atoms with van der Waals surface area (Å²) < 4.78 is 0.724. The third-order valence-electron chi connectivity index (χ3n) is 3.72. The van der Waals surface area contributed by atoms with E-state index in [2.05, 4.69) is 45.4 Å². The number of allylic oxidation sites excluding steroid dienone is 1. The van der Waals surface area contributed by atoms with Gasteiger partial charge in [0.1, 0.15) is 17.4 Å². The topological polar surface area (TPSA) is 111 Å². The number of nitrogens with zero attached hydrogens (tertiary/aromatic N) is 4. The van der Waals surface area contributed by atoms with Crippen molar-refractivity contribution in [3.8, 4) is 6.07 Å². The zero-order chi connectivity index (χ0) is 19.4. The smallest absolute Gasteiger partial charge is 0.206 e. The summed E-state index contributed by atoms with van der Waals surface area (Å²) in [4.78, 5) is 7.48. The molecule has 0 saturated carbocycles. The molecule has 3 N–H and O–H groups in total. The fourth-order valence-corrected chi connectivity index (χ4v) is 4.30. The molecule has 0 saturated heterocycles. The number of aliphatic hydroxyl groups excluding tert-OH is 1. The van der Waals surface area contributed by atoms with Crippen LogP contribution in [0.25, 0.3) is 16.6 Å². The molecule has 0 aliphatic heterocycles. The van der Waals surface area contributed by atoms with E-state index in [0.29, 0.717) is 11.7 Å². The summed E-state index contributed by atoms with van der Waals surface area (Å²) >= 11 is 2.79. The molecular weight excluding hydrogens is 380 g/mol. The van der Waals surface area contributed by atoms with Crippen LogP contribution in [0.2, 0.25) is 0 Å². The number of hydrogen-bond acceptors (Lipinski definition) is 8. The van der Waals surface area contributed by atoms with Gasteiger partial charge in [-0.2, -0.15) is 5.26 Å². The summed E-state index contributed by atoms with van der Waals surface area (Å²) in [6, 6.07) is 9.56. The molecule has 2 aromatic heterocycles. The monoisotopic (exact) mass is 400 g/mol. The first-order valence-electron chi connectivity index (χ1n) is 8.50. The van der Waals surface area contributed by atoms with Crippen molar-refractivity contribution >= 4 is 44.8 Å². The summed E-state index contributed by atoms with van der Waals surface area (Å²) in [6.45, 7) is 6.89. The second kappa shape index (κ2) is 8.41. The van der Waals surface area contributed by atoms with E-state index < -0.39 is 0 Å². The van der Waals surface area contributed by atoms with Gasteiger partial charge in [-0.15, -0.1) is 10.2 Å². The molecular formula is C18H20N6OS2. The third kappa shape index (κ3) is 4.59. The number of imidazole rings is 1. The first-order chi connectivity index (χ1) is 13.0. The Labute approximate surface area is 165 Å². The maximum atomic E-state index is 10.6. The van der Waals surface area contributed by atoms with Crippen molar-refractivity contribution in [2.45, 2.75) is 30.4 Å². The van der Waals surface area contributed by atoms with Crippen LogP contribution in [0.15, 0.2) is 34.4 Å². The molecule has 0 aliphatic rings. The largest absolute Gasteiger partial charge is 0.510 e. The van der Waals surface area contributed by atoms with E-state index in [1.165, 1.54) is 23.1 Å². The van der Waals surface area contributed by atoms with E-state index in [4.69, 9.17) is 0 Å². The Hall–Kier alpha value is -2.57. The van der Waals surface area contributed by atoms with Gasteiger partial charge in [-0.3, -0.25) is 0 Å². The van der Waals surface area contributed by atoms with Gasteiger partial charge < -0.3 is 15.4 Å². The number of nitrogens with one attached hydrogen (secondary N) is 2. The van der Waals surface area contributed by atoms with Gasteiger partial charge in [-0.25, -0.2) is 4.98 Å². The van der Waals surface area contributed by atoms with Crippen molar-refractivity contribution in [3.63, 3.8) is 0 Å². The quantitative estimate of drug-likeness (QED) is 0.305. The van der Waals surface area contributed by atoms with Crippen molar-refractivity contribution < 1.29 is 5.11 Å². The van der Waals surface area contributed by atoms with Crippen molar-refractivity contribution in [1.82, 2.24) is 20.2 Å². The number of H-pyrrole nitrogens is 1. The number of para-hydroxylation sites is 2. The summed E-state index contributed by atoms with van der Waals surface area (Å²) in [5.74, 6) is 0.839. The highest BCUT2D eigenvalue weighted by Crippen LogP contribution is 2.33. The summed E-state index contributed by atoms with van der Waals surface area (Å²) in [6.07, 6.45) is 0. The molecule has 140 valence electrons. The van der Waals surface area contributed by atoms with Crippen LogP contribution in [0.1, 0.15) is 26.6 Å². The number of rotatable bonds is 7. The second-order valence-electron chi connectivity index (χ2n) is 6.38. The van der Waals surface area contributed by atoms with Gasteiger partial charge in [0.05, 0.1) is 16.3 Å². The van der Waals surface area contributed by atoms with Crippen molar-refractivity contribution in [2.75, 3.05) is 11.9 Å². The maximum absolute atomic E-state index is 10.6. The van der Waals surface area contributed by atoms with Crippen LogP contribution in [-0.2, 0) is 0 Å². The average Bonchev–Trinajstić information content (AvgIpc) is 3.26. The Morgan fingerprint density at radius 3 is 2.81 bits per heavy atom. The second-order valence-corrected chi connectivity index (χ2v) is 8.95. The lowest BCUT2D eigenvalue weighted by atomic mass is 10.2. The van der Waals surface area contributed by atoms with Crippen LogP contribution in [-0.4, -0.2) is 37.1 Å². The van der Waals surface area contributed by atoms with Crippen LogP contribution < -0.4 is 5.32 Å². The molecule has 0 amide bonds. The number of thioether (sulfide) groups is 1. The molecule has 3 rings (SSSR count). The standard InChI is InChI=1S/C18H20N6OS2/c1-10(2)9-20-17-23-24-18(27-17)26-11(3)15(25)12(8-19)16-21-13-6-4-5-7-14(13)22-16/h4-7,10-11,25H,9H2,1-3H3,(H,20,23)(H,21,22)/b15-12-. The fourth-order valence-electron chi connectivity index (χ4n) is 2.33. The highest BCUT2D eigenvalue weighted by Gasteiger charge is 2.20. The molecule has 2 heterocycles. The molecule has 1 aromatic carbocycles. The molecule has 0 spiro atoms. The van der Waals surface area contributed by atoms with Gasteiger partial charge in [0, 0.05) is 6.54 Å². The Morgan fingerprint density at radius 2 is 2.11 bits per heavy atom. The highest BCUT2D eigenvalue weighted by molar-refractivity contribution is 8.01. The lowest BCUT2D eigenvalue weighted by Crippen LogP contribution is -2.07. The number of anilines is 1. The summed E-state index contributed by atoms with van der Waals surface area (Å²) in [5, 5.41) is 32.0. The number of benzene rings is 1. The molecule has 7 nitrogen and oxygen atoms in total. The van der Waals surface area contributed by atoms with Crippen molar-refractivity contribution in [2.24, 2.45) is 5.92 Å². The summed E-state index contributed by atoms with van der Waals surface area (Å²) in [7, 11) is 0. The first kappa shape index (κ1) is 19.2.